The lowest BCUT2D eigenvalue weighted by Gasteiger charge is -2.28. The number of aromatic nitrogens is 2. The van der Waals surface area contributed by atoms with Crippen molar-refractivity contribution in [2.24, 2.45) is 11.8 Å². The van der Waals surface area contributed by atoms with Crippen LogP contribution in [0.25, 0.3) is 0 Å². The number of nitrogens with zero attached hydrogens (tertiary/aromatic N) is 2. The third kappa shape index (κ3) is 5.98. The van der Waals surface area contributed by atoms with Gasteiger partial charge in [-0.2, -0.15) is 0 Å². The van der Waals surface area contributed by atoms with E-state index in [1.54, 1.807) is 35.2 Å². The Kier molecular flexibility index (Phi) is 7.89. The molecule has 0 unspecified atom stereocenters. The van der Waals surface area contributed by atoms with E-state index in [9.17, 15) is 18.0 Å². The van der Waals surface area contributed by atoms with Crippen molar-refractivity contribution in [3.05, 3.63) is 51.2 Å². The van der Waals surface area contributed by atoms with Crippen LogP contribution in [0.3, 0.4) is 0 Å². The number of rotatable bonds is 10. The number of nitrogens with two attached hydrogens (primary N) is 1. The number of hydrogen-bond donors (Lipinski definition) is 2. The van der Waals surface area contributed by atoms with E-state index in [0.717, 1.165) is 0 Å². The van der Waals surface area contributed by atoms with Crippen molar-refractivity contribution in [2.45, 2.75) is 45.6 Å². The van der Waals surface area contributed by atoms with Crippen LogP contribution in [0, 0.1) is 11.8 Å². The fourth-order valence-corrected chi connectivity index (χ4v) is 4.67. The van der Waals surface area contributed by atoms with Crippen LogP contribution in [0.15, 0.2) is 44.8 Å². The first-order valence-corrected chi connectivity index (χ1v) is 11.8. The van der Waals surface area contributed by atoms with Gasteiger partial charge in [0.05, 0.1) is 10.6 Å². The highest BCUT2D eigenvalue weighted by Gasteiger charge is 2.21. The summed E-state index contributed by atoms with van der Waals surface area (Å²) in [5.41, 5.74) is 5.38. The molecule has 0 fully saturated rings. The predicted octanol–water partition coefficient (Wildman–Crippen LogP) is 2.10. The fourth-order valence-electron chi connectivity index (χ4n) is 3.36. The van der Waals surface area contributed by atoms with E-state index < -0.39 is 21.1 Å². The van der Waals surface area contributed by atoms with Crippen LogP contribution in [0.4, 0.5) is 11.5 Å². The van der Waals surface area contributed by atoms with Gasteiger partial charge in [-0.1, -0.05) is 45.9 Å². The highest BCUT2D eigenvalue weighted by atomic mass is 32.2. The van der Waals surface area contributed by atoms with Gasteiger partial charge in [-0.25, -0.2) is 13.2 Å². The van der Waals surface area contributed by atoms with E-state index in [-0.39, 0.29) is 34.0 Å². The van der Waals surface area contributed by atoms with Gasteiger partial charge >= 0.3 is 5.69 Å². The van der Waals surface area contributed by atoms with Crippen LogP contribution in [0.2, 0.25) is 0 Å². The lowest BCUT2D eigenvalue weighted by atomic mass is 10.2. The van der Waals surface area contributed by atoms with Gasteiger partial charge < -0.3 is 10.6 Å². The van der Waals surface area contributed by atoms with Crippen molar-refractivity contribution in [1.29, 1.82) is 0 Å². The Hall–Kier alpha value is -2.55. The molecule has 30 heavy (non-hydrogen) atoms. The van der Waals surface area contributed by atoms with Gasteiger partial charge in [0.1, 0.15) is 11.5 Å². The summed E-state index contributed by atoms with van der Waals surface area (Å²) in [6.45, 7) is 9.14. The summed E-state index contributed by atoms with van der Waals surface area (Å²) >= 11 is 0. The molecule has 8 nitrogen and oxygen atoms in total. The third-order valence-corrected chi connectivity index (χ3v) is 6.42. The lowest BCUT2D eigenvalue weighted by Crippen LogP contribution is -2.41. The quantitative estimate of drug-likeness (QED) is 0.589. The smallest absolute Gasteiger partial charge is 0.330 e. The molecule has 2 rings (SSSR count). The molecule has 2 aromatic rings. The molecule has 0 amide bonds. The number of aromatic amines is 1. The molecule has 0 atom stereocenters. The monoisotopic (exact) mass is 436 g/mol. The van der Waals surface area contributed by atoms with Gasteiger partial charge in [0.25, 0.3) is 5.56 Å². The average molecular weight is 437 g/mol. The summed E-state index contributed by atoms with van der Waals surface area (Å²) in [7, 11) is -3.42. The lowest BCUT2D eigenvalue weighted by molar-refractivity contribution is 0.505. The molecule has 0 spiro atoms. The largest absolute Gasteiger partial charge is 0.383 e. The molecule has 166 valence electrons. The Labute approximate surface area is 177 Å². The van der Waals surface area contributed by atoms with Crippen molar-refractivity contribution in [3.8, 4) is 0 Å². The zero-order chi connectivity index (χ0) is 22.5. The average Bonchev–Trinajstić information content (AvgIpc) is 2.65. The van der Waals surface area contributed by atoms with E-state index in [1.807, 2.05) is 27.7 Å². The van der Waals surface area contributed by atoms with E-state index >= 15 is 0 Å². The van der Waals surface area contributed by atoms with Crippen LogP contribution < -0.4 is 21.9 Å². The summed E-state index contributed by atoms with van der Waals surface area (Å²) in [6, 6.07) is 8.30. The standard InChI is InChI=1S/C21H32N4O4S/c1-15(2)13-24(11-8-12-30(28,29)17-9-6-5-7-10-17)18-19(22)25(14-16(3)4)21(27)23-20(18)26/h5-7,9-10,15-16H,8,11-14,22H2,1-4H3,(H,23,26,27). The van der Waals surface area contributed by atoms with E-state index in [2.05, 4.69) is 4.98 Å². The molecule has 3 N–H and O–H groups in total. The van der Waals surface area contributed by atoms with Gasteiger partial charge in [0.15, 0.2) is 9.84 Å². The first-order valence-electron chi connectivity index (χ1n) is 10.2. The van der Waals surface area contributed by atoms with Crippen LogP contribution in [0.1, 0.15) is 34.1 Å². The summed E-state index contributed by atoms with van der Waals surface area (Å²) in [5, 5.41) is 0. The van der Waals surface area contributed by atoms with Crippen molar-refractivity contribution in [2.75, 3.05) is 29.5 Å². The number of anilines is 2. The Morgan fingerprint density at radius 1 is 1.07 bits per heavy atom. The first-order chi connectivity index (χ1) is 14.0. The number of nitrogens with one attached hydrogen (secondary N) is 1. The molecule has 0 saturated carbocycles. The topological polar surface area (TPSA) is 118 Å². The third-order valence-electron chi connectivity index (χ3n) is 4.61. The second-order valence-electron chi connectivity index (χ2n) is 8.32. The van der Waals surface area contributed by atoms with Crippen LogP contribution >= 0.6 is 0 Å². The Morgan fingerprint density at radius 2 is 1.70 bits per heavy atom. The zero-order valence-corrected chi connectivity index (χ0v) is 18.9. The minimum Gasteiger partial charge on any atom is -0.383 e. The van der Waals surface area contributed by atoms with Crippen molar-refractivity contribution >= 4 is 21.3 Å². The minimum absolute atomic E-state index is 0.0466. The molecule has 0 aliphatic carbocycles. The summed E-state index contributed by atoms with van der Waals surface area (Å²) < 4.78 is 26.5. The molecule has 0 radical (unpaired) electrons. The molecule has 0 aliphatic rings. The Balaban J connectivity index is 2.30. The van der Waals surface area contributed by atoms with E-state index in [1.165, 1.54) is 4.57 Å². The predicted molar refractivity (Wildman–Crippen MR) is 121 cm³/mol. The molecule has 0 saturated heterocycles. The van der Waals surface area contributed by atoms with Crippen LogP contribution in [-0.4, -0.2) is 36.8 Å². The van der Waals surface area contributed by atoms with Crippen molar-refractivity contribution in [1.82, 2.24) is 9.55 Å². The number of H-pyrrole nitrogens is 1. The van der Waals surface area contributed by atoms with E-state index in [4.69, 9.17) is 5.73 Å². The SMILES string of the molecule is CC(C)CN(CCCS(=O)(=O)c1ccccc1)c1c(N)n(CC(C)C)c(=O)[nH]c1=O. The zero-order valence-electron chi connectivity index (χ0n) is 18.1. The summed E-state index contributed by atoms with van der Waals surface area (Å²) in [5.74, 6) is 0.442. The van der Waals surface area contributed by atoms with Crippen molar-refractivity contribution < 1.29 is 8.42 Å². The first kappa shape index (κ1) is 23.7. The van der Waals surface area contributed by atoms with Gasteiger partial charge in [-0.05, 0) is 30.4 Å². The van der Waals surface area contributed by atoms with Gasteiger partial charge in [0, 0.05) is 19.6 Å². The van der Waals surface area contributed by atoms with Crippen LogP contribution in [0.5, 0.6) is 0 Å². The number of hydrogen-bond acceptors (Lipinski definition) is 6. The normalized spacial score (nSPS) is 11.9. The van der Waals surface area contributed by atoms with Gasteiger partial charge in [-0.15, -0.1) is 0 Å². The molecule has 1 heterocycles. The molecule has 0 aliphatic heterocycles. The molecule has 1 aromatic carbocycles. The van der Waals surface area contributed by atoms with Gasteiger partial charge in [-0.3, -0.25) is 14.3 Å². The highest BCUT2D eigenvalue weighted by Crippen LogP contribution is 2.20. The van der Waals surface area contributed by atoms with Crippen LogP contribution in [-0.2, 0) is 16.4 Å². The minimum atomic E-state index is -3.42. The summed E-state index contributed by atoms with van der Waals surface area (Å²) in [4.78, 5) is 29.2. The van der Waals surface area contributed by atoms with Crippen molar-refractivity contribution in [3.63, 3.8) is 0 Å². The van der Waals surface area contributed by atoms with Gasteiger partial charge in [0.2, 0.25) is 0 Å². The molecule has 0 bridgehead atoms. The highest BCUT2D eigenvalue weighted by molar-refractivity contribution is 7.91. The molecular weight excluding hydrogens is 404 g/mol. The molecular formula is C21H32N4O4S. The number of nitrogen functional groups attached to an aromatic ring is 1. The summed E-state index contributed by atoms with van der Waals surface area (Å²) in [6.07, 6.45) is 0.326. The maximum Gasteiger partial charge on any atom is 0.330 e. The molecule has 1 aromatic heterocycles. The second kappa shape index (κ2) is 9.97. The maximum atomic E-state index is 12.6. The maximum absolute atomic E-state index is 12.6. The molecule has 9 heteroatoms. The Bertz CT molecular complexity index is 1060. The number of benzene rings is 1. The van der Waals surface area contributed by atoms with E-state index in [0.29, 0.717) is 26.1 Å². The fraction of sp³-hybridized carbons (Fsp3) is 0.524. The Morgan fingerprint density at radius 3 is 2.27 bits per heavy atom. The second-order valence-corrected chi connectivity index (χ2v) is 10.4. The number of sulfone groups is 1.